The fourth-order valence-corrected chi connectivity index (χ4v) is 4.20. The van der Waals surface area contributed by atoms with E-state index in [-0.39, 0.29) is 28.5 Å². The van der Waals surface area contributed by atoms with Crippen LogP contribution in [0.3, 0.4) is 0 Å². The van der Waals surface area contributed by atoms with Gasteiger partial charge in [-0.05, 0) is 50.3 Å². The first-order valence-electron chi connectivity index (χ1n) is 10.1. The van der Waals surface area contributed by atoms with E-state index >= 15 is 0 Å². The number of carbonyl (C=O) groups is 1. The summed E-state index contributed by atoms with van der Waals surface area (Å²) in [5.41, 5.74) is 1.79. The number of nitrogens with zero attached hydrogens (tertiary/aromatic N) is 4. The Morgan fingerprint density at radius 1 is 1.21 bits per heavy atom. The Kier molecular flexibility index (Phi) is 5.85. The molecule has 29 heavy (non-hydrogen) atoms. The summed E-state index contributed by atoms with van der Waals surface area (Å²) in [7, 11) is 0. The third kappa shape index (κ3) is 4.45. The van der Waals surface area contributed by atoms with Crippen LogP contribution in [0.4, 0.5) is 16.0 Å². The number of halogens is 2. The molecule has 1 atom stereocenters. The monoisotopic (exact) mass is 417 g/mol. The molecule has 1 amide bonds. The highest BCUT2D eigenvalue weighted by Crippen LogP contribution is 2.25. The number of nitrogens with one attached hydrogen (secondary N) is 1. The van der Waals surface area contributed by atoms with Crippen molar-refractivity contribution in [1.29, 1.82) is 0 Å². The summed E-state index contributed by atoms with van der Waals surface area (Å²) >= 11 is 6.21. The number of rotatable bonds is 4. The molecule has 2 fully saturated rings. The van der Waals surface area contributed by atoms with Gasteiger partial charge in [-0.2, -0.15) is 0 Å². The molecule has 1 N–H and O–H groups in total. The van der Waals surface area contributed by atoms with E-state index in [4.69, 9.17) is 11.6 Å². The van der Waals surface area contributed by atoms with E-state index in [1.807, 2.05) is 17.9 Å². The van der Waals surface area contributed by atoms with E-state index in [2.05, 4.69) is 20.2 Å². The van der Waals surface area contributed by atoms with Crippen molar-refractivity contribution < 1.29 is 9.18 Å². The van der Waals surface area contributed by atoms with E-state index < -0.39 is 0 Å². The van der Waals surface area contributed by atoms with E-state index in [1.165, 1.54) is 12.3 Å². The average molecular weight is 418 g/mol. The SMILES string of the molecule is Cc1ccc(F)c(N2CCCC(NC(=O)c3nc(N4CCCC4)ncc3Cl)C2)c1. The normalized spacial score (nSPS) is 19.5. The van der Waals surface area contributed by atoms with Crippen LogP contribution < -0.4 is 15.1 Å². The molecule has 1 aromatic heterocycles. The van der Waals surface area contributed by atoms with E-state index in [9.17, 15) is 9.18 Å². The van der Waals surface area contributed by atoms with Crippen LogP contribution in [0.5, 0.6) is 0 Å². The third-order valence-corrected chi connectivity index (χ3v) is 5.81. The fourth-order valence-electron chi connectivity index (χ4n) is 4.02. The van der Waals surface area contributed by atoms with Crippen LogP contribution in [0, 0.1) is 12.7 Å². The van der Waals surface area contributed by atoms with Crippen molar-refractivity contribution in [3.63, 3.8) is 0 Å². The van der Waals surface area contributed by atoms with Gasteiger partial charge < -0.3 is 15.1 Å². The first-order valence-corrected chi connectivity index (χ1v) is 10.5. The molecule has 0 radical (unpaired) electrons. The van der Waals surface area contributed by atoms with Crippen molar-refractivity contribution in [3.8, 4) is 0 Å². The highest BCUT2D eigenvalue weighted by molar-refractivity contribution is 6.33. The second-order valence-electron chi connectivity index (χ2n) is 7.77. The van der Waals surface area contributed by atoms with Crippen molar-refractivity contribution in [1.82, 2.24) is 15.3 Å². The summed E-state index contributed by atoms with van der Waals surface area (Å²) in [5, 5.41) is 3.27. The molecular formula is C21H25ClFN5O. The lowest BCUT2D eigenvalue weighted by atomic mass is 10.0. The molecule has 2 aromatic rings. The highest BCUT2D eigenvalue weighted by Gasteiger charge is 2.26. The Labute approximate surface area is 175 Å². The molecule has 3 heterocycles. The Hall–Kier alpha value is -2.41. The minimum atomic E-state index is -0.311. The third-order valence-electron chi connectivity index (χ3n) is 5.53. The number of aromatic nitrogens is 2. The largest absolute Gasteiger partial charge is 0.367 e. The maximum absolute atomic E-state index is 14.3. The van der Waals surface area contributed by atoms with Gasteiger partial charge in [-0.3, -0.25) is 4.79 Å². The first-order chi connectivity index (χ1) is 14.0. The molecule has 2 saturated heterocycles. The lowest BCUT2D eigenvalue weighted by Gasteiger charge is -2.35. The van der Waals surface area contributed by atoms with Gasteiger partial charge in [-0.1, -0.05) is 17.7 Å². The summed E-state index contributed by atoms with van der Waals surface area (Å²) in [5.74, 6) is -0.00441. The summed E-state index contributed by atoms with van der Waals surface area (Å²) in [6.07, 6.45) is 5.39. The Balaban J connectivity index is 1.47. The maximum Gasteiger partial charge on any atom is 0.271 e. The maximum atomic E-state index is 14.3. The number of carbonyl (C=O) groups excluding carboxylic acids is 1. The lowest BCUT2D eigenvalue weighted by Crippen LogP contribution is -2.48. The molecule has 2 aliphatic rings. The molecule has 4 rings (SSSR count). The number of hydrogen-bond donors (Lipinski definition) is 1. The van der Waals surface area contributed by atoms with Gasteiger partial charge in [0.15, 0.2) is 5.69 Å². The molecule has 0 spiro atoms. The summed E-state index contributed by atoms with van der Waals surface area (Å²) in [6.45, 7) is 5.04. The minimum Gasteiger partial charge on any atom is -0.367 e. The van der Waals surface area contributed by atoms with Crippen LogP contribution in [0.1, 0.15) is 41.7 Å². The number of amides is 1. The molecule has 1 unspecified atom stereocenters. The minimum absolute atomic E-state index is 0.0996. The van der Waals surface area contributed by atoms with Crippen molar-refractivity contribution in [3.05, 3.63) is 46.5 Å². The number of benzene rings is 1. The van der Waals surface area contributed by atoms with Gasteiger partial charge >= 0.3 is 0 Å². The quantitative estimate of drug-likeness (QED) is 0.823. The predicted molar refractivity (Wildman–Crippen MR) is 112 cm³/mol. The average Bonchev–Trinajstić information content (AvgIpc) is 3.25. The van der Waals surface area contributed by atoms with E-state index in [1.54, 1.807) is 6.07 Å². The lowest BCUT2D eigenvalue weighted by molar-refractivity contribution is 0.0928. The molecular weight excluding hydrogens is 393 g/mol. The Bertz CT molecular complexity index is 903. The van der Waals surface area contributed by atoms with Crippen LogP contribution in [0.2, 0.25) is 5.02 Å². The predicted octanol–water partition coefficient (Wildman–Crippen LogP) is 3.58. The zero-order valence-electron chi connectivity index (χ0n) is 16.5. The first kappa shape index (κ1) is 19.9. The van der Waals surface area contributed by atoms with E-state index in [0.29, 0.717) is 18.2 Å². The fraction of sp³-hybridized carbons (Fsp3) is 0.476. The van der Waals surface area contributed by atoms with E-state index in [0.717, 1.165) is 50.9 Å². The standard InChI is InChI=1S/C21H25ClFN5O/c1-14-6-7-17(23)18(11-14)28-10-4-5-15(13-28)25-20(29)19-16(22)12-24-21(26-19)27-8-2-3-9-27/h6-7,11-12,15H,2-5,8-10,13H2,1H3,(H,25,29). The van der Waals surface area contributed by atoms with Gasteiger partial charge in [0.05, 0.1) is 16.9 Å². The summed E-state index contributed by atoms with van der Waals surface area (Å²) in [6, 6.07) is 5.01. The van der Waals surface area contributed by atoms with Gasteiger partial charge in [0.25, 0.3) is 5.91 Å². The molecule has 1 aromatic carbocycles. The second kappa shape index (κ2) is 8.53. The van der Waals surface area contributed by atoms with Crippen molar-refractivity contribution >= 4 is 29.1 Å². The van der Waals surface area contributed by atoms with Crippen molar-refractivity contribution in [2.24, 2.45) is 0 Å². The molecule has 0 saturated carbocycles. The molecule has 8 heteroatoms. The van der Waals surface area contributed by atoms with Gasteiger partial charge in [-0.25, -0.2) is 14.4 Å². The number of hydrogen-bond acceptors (Lipinski definition) is 5. The van der Waals surface area contributed by atoms with Crippen LogP contribution in [0.15, 0.2) is 24.4 Å². The number of aryl methyl sites for hydroxylation is 1. The molecule has 0 bridgehead atoms. The van der Waals surface area contributed by atoms with Crippen LogP contribution in [0.25, 0.3) is 0 Å². The summed E-state index contributed by atoms with van der Waals surface area (Å²) < 4.78 is 14.3. The van der Waals surface area contributed by atoms with Gasteiger partial charge in [-0.15, -0.1) is 0 Å². The number of piperidine rings is 1. The van der Waals surface area contributed by atoms with Crippen LogP contribution in [-0.2, 0) is 0 Å². The molecule has 154 valence electrons. The van der Waals surface area contributed by atoms with Crippen LogP contribution >= 0.6 is 11.6 Å². The second-order valence-corrected chi connectivity index (χ2v) is 8.18. The number of anilines is 2. The van der Waals surface area contributed by atoms with Crippen LogP contribution in [-0.4, -0.2) is 48.1 Å². The Morgan fingerprint density at radius 2 is 1.97 bits per heavy atom. The summed E-state index contributed by atoms with van der Waals surface area (Å²) in [4.78, 5) is 25.6. The highest BCUT2D eigenvalue weighted by atomic mass is 35.5. The van der Waals surface area contributed by atoms with Gasteiger partial charge in [0.1, 0.15) is 5.82 Å². The zero-order chi connectivity index (χ0) is 20.4. The van der Waals surface area contributed by atoms with Gasteiger partial charge in [0.2, 0.25) is 5.95 Å². The van der Waals surface area contributed by atoms with Crippen molar-refractivity contribution in [2.45, 2.75) is 38.6 Å². The van der Waals surface area contributed by atoms with Crippen molar-refractivity contribution in [2.75, 3.05) is 36.0 Å². The topological polar surface area (TPSA) is 61.4 Å². The smallest absolute Gasteiger partial charge is 0.271 e. The Morgan fingerprint density at radius 3 is 2.76 bits per heavy atom. The zero-order valence-corrected chi connectivity index (χ0v) is 17.3. The van der Waals surface area contributed by atoms with Gasteiger partial charge in [0, 0.05) is 32.2 Å². The molecule has 2 aliphatic heterocycles. The molecule has 0 aliphatic carbocycles. The molecule has 6 nitrogen and oxygen atoms in total.